The summed E-state index contributed by atoms with van der Waals surface area (Å²) in [6, 6.07) is 4.89. The molecule has 0 radical (unpaired) electrons. The van der Waals surface area contributed by atoms with E-state index in [0.717, 1.165) is 4.90 Å². The molecule has 1 aliphatic rings. The number of para-hydroxylation sites is 1. The van der Waals surface area contributed by atoms with Crippen molar-refractivity contribution in [2.45, 2.75) is 13.0 Å². The highest BCUT2D eigenvalue weighted by Gasteiger charge is 2.42. The quantitative estimate of drug-likeness (QED) is 0.666. The Kier molecular flexibility index (Phi) is 3.27. The molecule has 104 valence electrons. The van der Waals surface area contributed by atoms with Crippen molar-refractivity contribution >= 4 is 17.4 Å². The number of hydrogen-bond acceptors (Lipinski definition) is 5. The van der Waals surface area contributed by atoms with Crippen molar-refractivity contribution in [1.82, 2.24) is 4.90 Å². The molecule has 1 aliphatic heterocycles. The van der Waals surface area contributed by atoms with E-state index < -0.39 is 28.4 Å². The maximum absolute atomic E-state index is 11.8. The first-order valence-corrected chi connectivity index (χ1v) is 5.80. The van der Waals surface area contributed by atoms with Gasteiger partial charge in [0.1, 0.15) is 0 Å². The van der Waals surface area contributed by atoms with Crippen molar-refractivity contribution in [3.8, 4) is 0 Å². The predicted octanol–water partition coefficient (Wildman–Crippen LogP) is 1.51. The zero-order valence-corrected chi connectivity index (χ0v) is 10.9. The minimum atomic E-state index is -0.943. The fourth-order valence-electron chi connectivity index (χ4n) is 2.33. The lowest BCUT2D eigenvalue weighted by Gasteiger charge is -2.21. The van der Waals surface area contributed by atoms with Crippen LogP contribution in [0, 0.1) is 10.1 Å². The van der Waals surface area contributed by atoms with Gasteiger partial charge in [-0.2, -0.15) is 0 Å². The second-order valence-electron chi connectivity index (χ2n) is 4.45. The van der Waals surface area contributed by atoms with Gasteiger partial charge >= 0.3 is 0 Å². The SMILES string of the molecule is CC(=O)C1=C(O)C(=O)N(C)[C@@H]1c1ccccc1[N+](=O)[O-]. The van der Waals surface area contributed by atoms with Crippen molar-refractivity contribution in [2.24, 2.45) is 0 Å². The van der Waals surface area contributed by atoms with Gasteiger partial charge < -0.3 is 10.0 Å². The van der Waals surface area contributed by atoms with E-state index in [-0.39, 0.29) is 16.8 Å². The van der Waals surface area contributed by atoms with Gasteiger partial charge in [0.05, 0.1) is 22.1 Å². The fraction of sp³-hybridized carbons (Fsp3) is 0.231. The van der Waals surface area contributed by atoms with Gasteiger partial charge in [0, 0.05) is 13.1 Å². The van der Waals surface area contributed by atoms with Crippen LogP contribution in [0.3, 0.4) is 0 Å². The number of nitro benzene ring substituents is 1. The minimum absolute atomic E-state index is 0.119. The van der Waals surface area contributed by atoms with Crippen molar-refractivity contribution < 1.29 is 19.6 Å². The number of Topliss-reactive ketones (excluding diaryl/α,β-unsaturated/α-hetero) is 1. The lowest BCUT2D eigenvalue weighted by atomic mass is 9.95. The standard InChI is InChI=1S/C13H12N2O5/c1-7(16)10-11(14(2)13(18)12(10)17)8-5-3-4-6-9(8)15(19)20/h3-6,11,17H,1-2H3/t11-/m1/s1. The Balaban J connectivity index is 2.66. The summed E-state index contributed by atoms with van der Waals surface area (Å²) >= 11 is 0. The van der Waals surface area contributed by atoms with Crippen LogP contribution < -0.4 is 0 Å². The van der Waals surface area contributed by atoms with Gasteiger partial charge in [-0.25, -0.2) is 0 Å². The average Bonchev–Trinajstić information content (AvgIpc) is 2.63. The molecule has 1 N–H and O–H groups in total. The zero-order valence-electron chi connectivity index (χ0n) is 10.9. The van der Waals surface area contributed by atoms with Crippen LogP contribution in [-0.2, 0) is 9.59 Å². The number of nitro groups is 1. The first kappa shape index (κ1) is 13.7. The minimum Gasteiger partial charge on any atom is -0.503 e. The summed E-state index contributed by atoms with van der Waals surface area (Å²) in [5.41, 5.74) is -0.125. The largest absolute Gasteiger partial charge is 0.503 e. The van der Waals surface area contributed by atoms with E-state index in [1.54, 1.807) is 6.07 Å². The van der Waals surface area contributed by atoms with E-state index in [1.807, 2.05) is 0 Å². The van der Waals surface area contributed by atoms with Crippen LogP contribution in [-0.4, -0.2) is 33.7 Å². The molecule has 0 saturated carbocycles. The van der Waals surface area contributed by atoms with Crippen LogP contribution in [0.5, 0.6) is 0 Å². The van der Waals surface area contributed by atoms with Gasteiger partial charge in [-0.15, -0.1) is 0 Å². The summed E-state index contributed by atoms with van der Waals surface area (Å²) in [6.45, 7) is 1.21. The normalized spacial score (nSPS) is 18.6. The molecule has 0 aliphatic carbocycles. The van der Waals surface area contributed by atoms with Crippen LogP contribution in [0.25, 0.3) is 0 Å². The first-order valence-electron chi connectivity index (χ1n) is 5.80. The summed E-state index contributed by atoms with van der Waals surface area (Å²) in [7, 11) is 1.38. The number of hydrogen-bond donors (Lipinski definition) is 1. The van der Waals surface area contributed by atoms with Crippen molar-refractivity contribution in [3.63, 3.8) is 0 Å². The Hall–Kier alpha value is -2.70. The Morgan fingerprint density at radius 1 is 1.40 bits per heavy atom. The number of nitrogens with zero attached hydrogens (tertiary/aromatic N) is 2. The molecule has 1 heterocycles. The lowest BCUT2D eigenvalue weighted by molar-refractivity contribution is -0.385. The number of aliphatic hydroxyl groups is 1. The lowest BCUT2D eigenvalue weighted by Crippen LogP contribution is -2.27. The molecule has 1 amide bonds. The second-order valence-corrected chi connectivity index (χ2v) is 4.45. The number of benzene rings is 1. The Labute approximate surface area is 114 Å². The zero-order chi connectivity index (χ0) is 15.0. The Morgan fingerprint density at radius 2 is 2.00 bits per heavy atom. The number of likely N-dealkylation sites (N-methyl/N-ethyl adjacent to an activating group) is 1. The number of amides is 1. The molecule has 2 rings (SSSR count). The van der Waals surface area contributed by atoms with Crippen LogP contribution in [0.1, 0.15) is 18.5 Å². The molecule has 20 heavy (non-hydrogen) atoms. The fourth-order valence-corrected chi connectivity index (χ4v) is 2.33. The molecule has 1 aromatic carbocycles. The van der Waals surface area contributed by atoms with Crippen LogP contribution >= 0.6 is 0 Å². The molecule has 0 unspecified atom stereocenters. The first-order chi connectivity index (χ1) is 9.36. The second kappa shape index (κ2) is 4.76. The number of carbonyl (C=O) groups is 2. The highest BCUT2D eigenvalue weighted by Crippen LogP contribution is 2.39. The highest BCUT2D eigenvalue weighted by atomic mass is 16.6. The molecular weight excluding hydrogens is 264 g/mol. The maximum atomic E-state index is 11.8. The van der Waals surface area contributed by atoms with E-state index in [0.29, 0.717) is 0 Å². The van der Waals surface area contributed by atoms with Crippen LogP contribution in [0.2, 0.25) is 0 Å². The van der Waals surface area contributed by atoms with Gasteiger partial charge in [0.15, 0.2) is 11.5 Å². The molecular formula is C13H12N2O5. The third kappa shape index (κ3) is 1.93. The number of ketones is 1. The van der Waals surface area contributed by atoms with E-state index in [4.69, 9.17) is 0 Å². The van der Waals surface area contributed by atoms with Gasteiger partial charge in [-0.1, -0.05) is 12.1 Å². The van der Waals surface area contributed by atoms with Crippen LogP contribution in [0.15, 0.2) is 35.6 Å². The smallest absolute Gasteiger partial charge is 0.289 e. The van der Waals surface area contributed by atoms with E-state index in [1.165, 1.54) is 32.2 Å². The van der Waals surface area contributed by atoms with Gasteiger partial charge in [-0.05, 0) is 13.0 Å². The monoisotopic (exact) mass is 276 g/mol. The Bertz CT molecular complexity index is 650. The van der Waals surface area contributed by atoms with Crippen LogP contribution in [0.4, 0.5) is 5.69 Å². The Morgan fingerprint density at radius 3 is 2.55 bits per heavy atom. The van der Waals surface area contributed by atoms with Crippen molar-refractivity contribution in [1.29, 1.82) is 0 Å². The summed E-state index contributed by atoms with van der Waals surface area (Å²) in [5, 5.41) is 20.8. The van der Waals surface area contributed by atoms with E-state index in [9.17, 15) is 24.8 Å². The molecule has 0 saturated heterocycles. The predicted molar refractivity (Wildman–Crippen MR) is 68.9 cm³/mol. The molecule has 0 fully saturated rings. The summed E-state index contributed by atoms with van der Waals surface area (Å²) < 4.78 is 0. The van der Waals surface area contributed by atoms with Gasteiger partial charge in [-0.3, -0.25) is 19.7 Å². The number of aliphatic hydroxyl groups excluding tert-OH is 1. The van der Waals surface area contributed by atoms with Gasteiger partial charge in [0.2, 0.25) is 0 Å². The molecule has 0 aromatic heterocycles. The van der Waals surface area contributed by atoms with E-state index in [2.05, 4.69) is 0 Å². The average molecular weight is 276 g/mol. The third-order valence-corrected chi connectivity index (χ3v) is 3.25. The summed E-state index contributed by atoms with van der Waals surface area (Å²) in [4.78, 5) is 35.0. The highest BCUT2D eigenvalue weighted by molar-refractivity contribution is 6.08. The molecule has 1 atom stereocenters. The maximum Gasteiger partial charge on any atom is 0.289 e. The van der Waals surface area contributed by atoms with Gasteiger partial charge in [0.25, 0.3) is 11.6 Å². The third-order valence-electron chi connectivity index (χ3n) is 3.25. The molecule has 1 aromatic rings. The number of rotatable bonds is 3. The number of carbonyl (C=O) groups excluding carboxylic acids is 2. The van der Waals surface area contributed by atoms with Crippen molar-refractivity contribution in [2.75, 3.05) is 7.05 Å². The molecule has 7 nitrogen and oxygen atoms in total. The molecule has 0 bridgehead atoms. The molecule has 7 heteroatoms. The van der Waals surface area contributed by atoms with Crippen molar-refractivity contribution in [3.05, 3.63) is 51.3 Å². The molecule has 0 spiro atoms. The summed E-state index contributed by atoms with van der Waals surface area (Å²) in [6.07, 6.45) is 0. The van der Waals surface area contributed by atoms with E-state index >= 15 is 0 Å². The summed E-state index contributed by atoms with van der Waals surface area (Å²) in [5.74, 6) is -1.87. The topological polar surface area (TPSA) is 101 Å².